The Morgan fingerprint density at radius 3 is 2.62 bits per heavy atom. The van der Waals surface area contributed by atoms with Crippen LogP contribution in [-0.4, -0.2) is 67.1 Å². The van der Waals surface area contributed by atoms with Crippen molar-refractivity contribution >= 4 is 11.9 Å². The Morgan fingerprint density at radius 2 is 2.00 bits per heavy atom. The molecule has 0 saturated carbocycles. The molecule has 0 radical (unpaired) electrons. The van der Waals surface area contributed by atoms with Crippen LogP contribution < -0.4 is 0 Å². The van der Waals surface area contributed by atoms with Gasteiger partial charge in [0.2, 0.25) is 0 Å². The van der Waals surface area contributed by atoms with Gasteiger partial charge in [-0.1, -0.05) is 5.57 Å². The number of ether oxygens (including phenoxy) is 5. The Hall–Kier alpha value is -1.48. The van der Waals surface area contributed by atoms with Crippen LogP contribution in [0.1, 0.15) is 40.5 Å². The second-order valence-corrected chi connectivity index (χ2v) is 7.25. The minimum atomic E-state index is -0.955. The summed E-state index contributed by atoms with van der Waals surface area (Å²) in [5.41, 5.74) is -0.166. The van der Waals surface area contributed by atoms with Crippen LogP contribution in [0.3, 0.4) is 0 Å². The largest absolute Gasteiger partial charge is 0.466 e. The fourth-order valence-corrected chi connectivity index (χ4v) is 3.47. The number of methoxy groups -OCH3 is 1. The van der Waals surface area contributed by atoms with E-state index in [0.29, 0.717) is 12.8 Å². The number of hydrogen-bond donors (Lipinski definition) is 1. The van der Waals surface area contributed by atoms with Crippen molar-refractivity contribution in [2.24, 2.45) is 0 Å². The lowest BCUT2D eigenvalue weighted by Gasteiger charge is -2.43. The van der Waals surface area contributed by atoms with Crippen LogP contribution >= 0.6 is 0 Å². The molecule has 8 nitrogen and oxygen atoms in total. The first-order chi connectivity index (χ1) is 12.1. The van der Waals surface area contributed by atoms with Crippen LogP contribution in [0.25, 0.3) is 0 Å². The van der Waals surface area contributed by atoms with Crippen molar-refractivity contribution in [3.63, 3.8) is 0 Å². The molecule has 0 aromatic carbocycles. The smallest absolute Gasteiger partial charge is 0.330 e. The minimum Gasteiger partial charge on any atom is -0.466 e. The fourth-order valence-electron chi connectivity index (χ4n) is 3.47. The van der Waals surface area contributed by atoms with E-state index in [1.807, 2.05) is 0 Å². The number of aliphatic hydroxyl groups is 1. The second kappa shape index (κ2) is 8.04. The van der Waals surface area contributed by atoms with Crippen molar-refractivity contribution in [1.29, 1.82) is 0 Å². The number of rotatable bonds is 6. The molecule has 4 atom stereocenters. The van der Waals surface area contributed by atoms with Gasteiger partial charge >= 0.3 is 11.9 Å². The highest BCUT2D eigenvalue weighted by Crippen LogP contribution is 2.44. The molecule has 2 saturated heterocycles. The number of aliphatic hydroxyl groups excluding tert-OH is 1. The average molecular weight is 372 g/mol. The molecule has 2 heterocycles. The molecule has 2 aliphatic rings. The van der Waals surface area contributed by atoms with Crippen LogP contribution in [0.4, 0.5) is 0 Å². The summed E-state index contributed by atoms with van der Waals surface area (Å²) in [6, 6.07) is 0. The quantitative estimate of drug-likeness (QED) is 0.546. The van der Waals surface area contributed by atoms with Gasteiger partial charge in [0.15, 0.2) is 5.79 Å². The van der Waals surface area contributed by atoms with E-state index in [-0.39, 0.29) is 19.2 Å². The molecule has 4 unspecified atom stereocenters. The summed E-state index contributed by atoms with van der Waals surface area (Å²) in [4.78, 5) is 22.4. The summed E-state index contributed by atoms with van der Waals surface area (Å²) in [6.45, 7) is 6.98. The Bertz CT molecular complexity index is 570. The minimum absolute atomic E-state index is 0.146. The molecule has 0 amide bonds. The SMILES string of the molecule is COC(=O)/C=C(\C)CC1OCC2(CCOC(C)=O)OC(C)(C)OC2C1O. The van der Waals surface area contributed by atoms with Crippen LogP contribution in [0.2, 0.25) is 0 Å². The molecule has 0 bridgehead atoms. The van der Waals surface area contributed by atoms with Crippen molar-refractivity contribution < 1.29 is 38.4 Å². The molecule has 2 fully saturated rings. The van der Waals surface area contributed by atoms with Gasteiger partial charge in [-0.05, 0) is 27.2 Å². The molecule has 148 valence electrons. The van der Waals surface area contributed by atoms with Gasteiger partial charge in [-0.3, -0.25) is 4.79 Å². The van der Waals surface area contributed by atoms with E-state index in [1.165, 1.54) is 20.1 Å². The van der Waals surface area contributed by atoms with Crippen LogP contribution in [-0.2, 0) is 33.3 Å². The third kappa shape index (κ3) is 4.82. The first-order valence-corrected chi connectivity index (χ1v) is 8.65. The third-order valence-corrected chi connectivity index (χ3v) is 4.53. The van der Waals surface area contributed by atoms with Crippen molar-refractivity contribution in [2.75, 3.05) is 20.3 Å². The molecular formula is C18H28O8. The van der Waals surface area contributed by atoms with E-state index in [9.17, 15) is 14.7 Å². The highest BCUT2D eigenvalue weighted by molar-refractivity contribution is 5.82. The summed E-state index contributed by atoms with van der Waals surface area (Å²) >= 11 is 0. The Labute approximate surface area is 153 Å². The van der Waals surface area contributed by atoms with E-state index >= 15 is 0 Å². The summed E-state index contributed by atoms with van der Waals surface area (Å²) in [6.07, 6.45) is -0.0473. The maximum Gasteiger partial charge on any atom is 0.330 e. The lowest BCUT2D eigenvalue weighted by atomic mass is 9.84. The summed E-state index contributed by atoms with van der Waals surface area (Å²) in [5.74, 6) is -1.73. The number of esters is 2. The normalized spacial score (nSPS) is 33.5. The molecule has 0 aromatic heterocycles. The van der Waals surface area contributed by atoms with Crippen molar-refractivity contribution in [3.05, 3.63) is 11.6 Å². The van der Waals surface area contributed by atoms with Gasteiger partial charge < -0.3 is 28.8 Å². The molecular weight excluding hydrogens is 344 g/mol. The van der Waals surface area contributed by atoms with Gasteiger partial charge in [0.25, 0.3) is 0 Å². The number of carbonyl (C=O) groups is 2. The zero-order valence-corrected chi connectivity index (χ0v) is 15.9. The Morgan fingerprint density at radius 1 is 1.31 bits per heavy atom. The second-order valence-electron chi connectivity index (χ2n) is 7.25. The highest BCUT2D eigenvalue weighted by atomic mass is 16.8. The fraction of sp³-hybridized carbons (Fsp3) is 0.778. The first-order valence-electron chi connectivity index (χ1n) is 8.65. The molecule has 1 N–H and O–H groups in total. The monoisotopic (exact) mass is 372 g/mol. The molecule has 26 heavy (non-hydrogen) atoms. The van der Waals surface area contributed by atoms with Crippen LogP contribution in [0.5, 0.6) is 0 Å². The standard InChI is InChI=1S/C18H28O8/c1-11(9-14(20)22-5)8-13-15(21)16-18(10-24-13,6-7-23-12(2)19)26-17(3,4)25-16/h9,13,15-16,21H,6-8,10H2,1-5H3/b11-9+. The lowest BCUT2D eigenvalue weighted by molar-refractivity contribution is -0.199. The van der Waals surface area contributed by atoms with E-state index < -0.39 is 35.7 Å². The summed E-state index contributed by atoms with van der Waals surface area (Å²) < 4.78 is 27.5. The summed E-state index contributed by atoms with van der Waals surface area (Å²) in [5, 5.41) is 10.8. The van der Waals surface area contributed by atoms with E-state index in [0.717, 1.165) is 5.57 Å². The Balaban J connectivity index is 2.10. The van der Waals surface area contributed by atoms with Gasteiger partial charge in [-0.15, -0.1) is 0 Å². The maximum atomic E-state index is 11.3. The van der Waals surface area contributed by atoms with Crippen molar-refractivity contribution in [1.82, 2.24) is 0 Å². The topological polar surface area (TPSA) is 101 Å². The van der Waals surface area contributed by atoms with Crippen molar-refractivity contribution in [3.8, 4) is 0 Å². The molecule has 0 aliphatic carbocycles. The molecule has 2 aliphatic heterocycles. The predicted molar refractivity (Wildman–Crippen MR) is 90.2 cm³/mol. The lowest BCUT2D eigenvalue weighted by Crippen LogP contribution is -2.60. The molecule has 0 aromatic rings. The third-order valence-electron chi connectivity index (χ3n) is 4.53. The van der Waals surface area contributed by atoms with Gasteiger partial charge in [0.05, 0.1) is 26.4 Å². The van der Waals surface area contributed by atoms with Gasteiger partial charge in [0, 0.05) is 19.4 Å². The van der Waals surface area contributed by atoms with Crippen LogP contribution in [0, 0.1) is 0 Å². The number of hydrogen-bond acceptors (Lipinski definition) is 8. The zero-order valence-electron chi connectivity index (χ0n) is 15.9. The predicted octanol–water partition coefficient (Wildman–Crippen LogP) is 1.10. The van der Waals surface area contributed by atoms with Crippen LogP contribution in [0.15, 0.2) is 11.6 Å². The molecule has 0 spiro atoms. The zero-order chi connectivity index (χ0) is 19.5. The van der Waals surface area contributed by atoms with Gasteiger partial charge in [-0.25, -0.2) is 4.79 Å². The van der Waals surface area contributed by atoms with E-state index in [2.05, 4.69) is 4.74 Å². The van der Waals surface area contributed by atoms with E-state index in [4.69, 9.17) is 18.9 Å². The number of fused-ring (bicyclic) bond motifs is 1. The summed E-state index contributed by atoms with van der Waals surface area (Å²) in [7, 11) is 1.31. The first kappa shape index (κ1) is 20.8. The molecule has 8 heteroatoms. The average Bonchev–Trinajstić information content (AvgIpc) is 2.81. The van der Waals surface area contributed by atoms with Gasteiger partial charge in [-0.2, -0.15) is 0 Å². The molecule has 2 rings (SSSR count). The number of carbonyl (C=O) groups excluding carboxylic acids is 2. The van der Waals surface area contributed by atoms with Gasteiger partial charge in [0.1, 0.15) is 17.8 Å². The maximum absolute atomic E-state index is 11.3. The highest BCUT2D eigenvalue weighted by Gasteiger charge is 2.60. The van der Waals surface area contributed by atoms with Crippen molar-refractivity contribution in [2.45, 2.75) is 70.2 Å². The Kier molecular flexibility index (Phi) is 6.44. The van der Waals surface area contributed by atoms with E-state index in [1.54, 1.807) is 20.8 Å².